The molecule has 0 unspecified atom stereocenters. The van der Waals surface area contributed by atoms with Gasteiger partial charge in [0.15, 0.2) is 0 Å². The standard InChI is InChI=1S/C16H20N2O5/c1-10-8-11(22-2)4-5-13(10)17-14-12(16(21)23-3)9-18(6-7-19)15(14)20/h4-5,8,17,19H,6-7,9H2,1-3H3. The molecule has 124 valence electrons. The van der Waals surface area contributed by atoms with Crippen molar-refractivity contribution in [3.63, 3.8) is 0 Å². The molecule has 0 aromatic heterocycles. The highest BCUT2D eigenvalue weighted by Crippen LogP contribution is 2.26. The van der Waals surface area contributed by atoms with Crippen molar-refractivity contribution in [3.8, 4) is 5.75 Å². The molecule has 1 aliphatic rings. The Hall–Kier alpha value is -2.54. The number of aliphatic hydroxyl groups excluding tert-OH is 1. The number of anilines is 1. The predicted octanol–water partition coefficient (Wildman–Crippen LogP) is 0.677. The highest BCUT2D eigenvalue weighted by Gasteiger charge is 2.34. The second kappa shape index (κ2) is 7.15. The molecule has 1 heterocycles. The summed E-state index contributed by atoms with van der Waals surface area (Å²) in [5.74, 6) is -0.197. The van der Waals surface area contributed by atoms with Crippen LogP contribution < -0.4 is 10.1 Å². The summed E-state index contributed by atoms with van der Waals surface area (Å²) in [5.41, 5.74) is 2.00. The molecule has 0 saturated heterocycles. The molecule has 0 fully saturated rings. The van der Waals surface area contributed by atoms with E-state index in [4.69, 9.17) is 14.6 Å². The lowest BCUT2D eigenvalue weighted by atomic mass is 10.1. The zero-order chi connectivity index (χ0) is 17.0. The van der Waals surface area contributed by atoms with Gasteiger partial charge in [-0.15, -0.1) is 0 Å². The minimum atomic E-state index is -0.563. The van der Waals surface area contributed by atoms with Crippen molar-refractivity contribution in [2.24, 2.45) is 0 Å². The first-order valence-corrected chi connectivity index (χ1v) is 7.15. The maximum atomic E-state index is 12.4. The number of carbonyl (C=O) groups is 2. The van der Waals surface area contributed by atoms with E-state index in [9.17, 15) is 9.59 Å². The van der Waals surface area contributed by atoms with Crippen molar-refractivity contribution in [3.05, 3.63) is 35.0 Å². The second-order valence-corrected chi connectivity index (χ2v) is 5.10. The Bertz CT molecular complexity index is 654. The normalized spacial score (nSPS) is 14.3. The van der Waals surface area contributed by atoms with Crippen LogP contribution in [0.25, 0.3) is 0 Å². The first kappa shape index (κ1) is 16.8. The van der Waals surface area contributed by atoms with Gasteiger partial charge in [-0.1, -0.05) is 0 Å². The number of hydrogen-bond donors (Lipinski definition) is 2. The molecule has 2 rings (SSSR count). The first-order valence-electron chi connectivity index (χ1n) is 7.15. The zero-order valence-corrected chi connectivity index (χ0v) is 13.4. The van der Waals surface area contributed by atoms with Crippen LogP contribution in [0.15, 0.2) is 29.5 Å². The number of benzene rings is 1. The third kappa shape index (κ3) is 3.45. The molecule has 0 saturated carbocycles. The Morgan fingerprint density at radius 1 is 1.39 bits per heavy atom. The summed E-state index contributed by atoms with van der Waals surface area (Å²) in [6.07, 6.45) is 0. The van der Waals surface area contributed by atoms with E-state index in [1.54, 1.807) is 19.2 Å². The van der Waals surface area contributed by atoms with Gasteiger partial charge in [0.05, 0.1) is 32.9 Å². The van der Waals surface area contributed by atoms with Gasteiger partial charge in [-0.05, 0) is 30.7 Å². The molecule has 1 aromatic carbocycles. The number of ether oxygens (including phenoxy) is 2. The molecule has 0 radical (unpaired) electrons. The van der Waals surface area contributed by atoms with Crippen molar-refractivity contribution < 1.29 is 24.2 Å². The summed E-state index contributed by atoms with van der Waals surface area (Å²) >= 11 is 0. The maximum absolute atomic E-state index is 12.4. The molecule has 1 aromatic rings. The number of rotatable bonds is 6. The van der Waals surface area contributed by atoms with Gasteiger partial charge in [-0.25, -0.2) is 4.79 Å². The van der Waals surface area contributed by atoms with Gasteiger partial charge < -0.3 is 24.8 Å². The van der Waals surface area contributed by atoms with Crippen LogP contribution in [0, 0.1) is 6.92 Å². The van der Waals surface area contributed by atoms with E-state index < -0.39 is 5.97 Å². The van der Waals surface area contributed by atoms with Crippen LogP contribution in [-0.2, 0) is 14.3 Å². The number of nitrogens with zero attached hydrogens (tertiary/aromatic N) is 1. The van der Waals surface area contributed by atoms with Crippen LogP contribution in [-0.4, -0.2) is 55.8 Å². The van der Waals surface area contributed by atoms with E-state index in [1.807, 2.05) is 13.0 Å². The third-order valence-electron chi connectivity index (χ3n) is 3.65. The fourth-order valence-electron chi connectivity index (χ4n) is 2.39. The van der Waals surface area contributed by atoms with Gasteiger partial charge >= 0.3 is 5.97 Å². The van der Waals surface area contributed by atoms with E-state index >= 15 is 0 Å². The Balaban J connectivity index is 2.33. The molecular formula is C16H20N2O5. The summed E-state index contributed by atoms with van der Waals surface area (Å²) in [6, 6.07) is 5.36. The number of hydrogen-bond acceptors (Lipinski definition) is 6. The Kier molecular flexibility index (Phi) is 5.23. The minimum absolute atomic E-state index is 0.115. The Morgan fingerprint density at radius 3 is 2.70 bits per heavy atom. The SMILES string of the molecule is COC(=O)C1=C(Nc2ccc(OC)cc2C)C(=O)N(CCO)C1. The fraction of sp³-hybridized carbons (Fsp3) is 0.375. The molecule has 7 nitrogen and oxygen atoms in total. The van der Waals surface area contributed by atoms with Crippen LogP contribution in [0.5, 0.6) is 5.75 Å². The largest absolute Gasteiger partial charge is 0.497 e. The first-order chi connectivity index (χ1) is 11.0. The Labute approximate surface area is 134 Å². The van der Waals surface area contributed by atoms with Crippen molar-refractivity contribution in [2.75, 3.05) is 39.2 Å². The van der Waals surface area contributed by atoms with Gasteiger partial charge in [-0.2, -0.15) is 0 Å². The molecule has 7 heteroatoms. The zero-order valence-electron chi connectivity index (χ0n) is 13.4. The number of methoxy groups -OCH3 is 2. The van der Waals surface area contributed by atoms with Crippen LogP contribution in [0.4, 0.5) is 5.69 Å². The van der Waals surface area contributed by atoms with Crippen LogP contribution in [0.1, 0.15) is 5.56 Å². The van der Waals surface area contributed by atoms with E-state index in [2.05, 4.69) is 5.32 Å². The predicted molar refractivity (Wildman–Crippen MR) is 84.1 cm³/mol. The van der Waals surface area contributed by atoms with Gasteiger partial charge in [0.25, 0.3) is 5.91 Å². The number of aryl methyl sites for hydroxylation is 1. The number of nitrogens with one attached hydrogen (secondary N) is 1. The quantitative estimate of drug-likeness (QED) is 0.749. The summed E-state index contributed by atoms with van der Waals surface area (Å²) in [5, 5.41) is 12.1. The number of β-amino-alcohol motifs (C(OH)–C–C–N with tert-alkyl or cyclic N) is 1. The molecule has 0 aliphatic carbocycles. The van der Waals surface area contributed by atoms with Gasteiger partial charge in [0, 0.05) is 12.2 Å². The minimum Gasteiger partial charge on any atom is -0.497 e. The monoisotopic (exact) mass is 320 g/mol. The second-order valence-electron chi connectivity index (χ2n) is 5.10. The molecular weight excluding hydrogens is 300 g/mol. The highest BCUT2D eigenvalue weighted by atomic mass is 16.5. The van der Waals surface area contributed by atoms with E-state index in [0.29, 0.717) is 11.4 Å². The number of amides is 1. The molecule has 0 atom stereocenters. The van der Waals surface area contributed by atoms with E-state index in [1.165, 1.54) is 12.0 Å². The average molecular weight is 320 g/mol. The summed E-state index contributed by atoms with van der Waals surface area (Å²) in [6.45, 7) is 1.97. The summed E-state index contributed by atoms with van der Waals surface area (Å²) < 4.78 is 9.90. The molecule has 2 N–H and O–H groups in total. The molecule has 1 amide bonds. The van der Waals surface area contributed by atoms with Crippen molar-refractivity contribution in [1.82, 2.24) is 4.90 Å². The molecule has 23 heavy (non-hydrogen) atoms. The smallest absolute Gasteiger partial charge is 0.337 e. The average Bonchev–Trinajstić information content (AvgIpc) is 2.85. The van der Waals surface area contributed by atoms with Gasteiger partial charge in [0.2, 0.25) is 0 Å². The van der Waals surface area contributed by atoms with Gasteiger partial charge in [-0.3, -0.25) is 4.79 Å². The number of carbonyl (C=O) groups excluding carboxylic acids is 2. The lowest BCUT2D eigenvalue weighted by Gasteiger charge is -2.15. The fourth-order valence-corrected chi connectivity index (χ4v) is 2.39. The summed E-state index contributed by atoms with van der Waals surface area (Å²) in [4.78, 5) is 25.7. The van der Waals surface area contributed by atoms with Crippen LogP contribution in [0.3, 0.4) is 0 Å². The molecule has 0 bridgehead atoms. The molecule has 1 aliphatic heterocycles. The van der Waals surface area contributed by atoms with E-state index in [0.717, 1.165) is 5.56 Å². The lowest BCUT2D eigenvalue weighted by Crippen LogP contribution is -2.31. The van der Waals surface area contributed by atoms with Crippen LogP contribution in [0.2, 0.25) is 0 Å². The third-order valence-corrected chi connectivity index (χ3v) is 3.65. The summed E-state index contributed by atoms with van der Waals surface area (Å²) in [7, 11) is 2.85. The van der Waals surface area contributed by atoms with Crippen LogP contribution >= 0.6 is 0 Å². The molecule has 0 spiro atoms. The van der Waals surface area contributed by atoms with E-state index in [-0.39, 0.29) is 36.9 Å². The Morgan fingerprint density at radius 2 is 2.13 bits per heavy atom. The topological polar surface area (TPSA) is 88.1 Å². The highest BCUT2D eigenvalue weighted by molar-refractivity contribution is 6.08. The number of aliphatic hydroxyl groups is 1. The maximum Gasteiger partial charge on any atom is 0.337 e. The van der Waals surface area contributed by atoms with Gasteiger partial charge in [0.1, 0.15) is 11.4 Å². The van der Waals surface area contributed by atoms with Crippen molar-refractivity contribution in [1.29, 1.82) is 0 Å². The number of esters is 1. The van der Waals surface area contributed by atoms with Crippen molar-refractivity contribution in [2.45, 2.75) is 6.92 Å². The lowest BCUT2D eigenvalue weighted by molar-refractivity contribution is -0.136. The van der Waals surface area contributed by atoms with Crippen molar-refractivity contribution >= 4 is 17.6 Å².